The summed E-state index contributed by atoms with van der Waals surface area (Å²) < 4.78 is 13.4. The molecule has 1 aliphatic carbocycles. The largest absolute Gasteiger partial charge is 0.382 e. The molecule has 7 heteroatoms. The number of aliphatic hydroxyl groups is 1. The Balaban J connectivity index is 1.98. The van der Waals surface area contributed by atoms with Crippen molar-refractivity contribution >= 4 is 11.8 Å². The topological polar surface area (TPSA) is 91.3 Å². The fraction of sp³-hybridized carbons (Fsp3) is 0.278. The molecule has 130 valence electrons. The molecule has 0 saturated heterocycles. The molecule has 1 aliphatic rings. The molecule has 1 heterocycles. The van der Waals surface area contributed by atoms with E-state index in [4.69, 9.17) is 0 Å². The minimum absolute atomic E-state index is 0.0106. The van der Waals surface area contributed by atoms with Crippen LogP contribution >= 0.6 is 0 Å². The molecule has 0 unspecified atom stereocenters. The lowest BCUT2D eigenvalue weighted by molar-refractivity contribution is 0.0950. The minimum Gasteiger partial charge on any atom is -0.382 e. The molecule has 2 amide bonds. The summed E-state index contributed by atoms with van der Waals surface area (Å²) >= 11 is 0. The van der Waals surface area contributed by atoms with Gasteiger partial charge in [-0.15, -0.1) is 0 Å². The average molecular weight is 343 g/mol. The molecule has 3 rings (SSSR count). The van der Waals surface area contributed by atoms with Gasteiger partial charge in [0, 0.05) is 18.7 Å². The standard InChI is InChI=1S/C18H18FN3O3/c1-20-18(25)15-9-11(17(24)21-13-5-6-13)8-14(22-15)16(23)10-3-2-4-12(19)7-10/h2-4,7-9,13,16,23H,5-6H2,1H3,(H,20,25)(H,21,24)/t16-/m0/s1. The van der Waals surface area contributed by atoms with Gasteiger partial charge in [-0.1, -0.05) is 12.1 Å². The van der Waals surface area contributed by atoms with Crippen LogP contribution in [-0.2, 0) is 0 Å². The van der Waals surface area contributed by atoms with Crippen LogP contribution in [0.1, 0.15) is 51.0 Å². The van der Waals surface area contributed by atoms with Gasteiger partial charge in [-0.2, -0.15) is 0 Å². The van der Waals surface area contributed by atoms with Crippen LogP contribution in [0.15, 0.2) is 36.4 Å². The van der Waals surface area contributed by atoms with E-state index in [9.17, 15) is 19.1 Å². The highest BCUT2D eigenvalue weighted by molar-refractivity contribution is 5.98. The monoisotopic (exact) mass is 343 g/mol. The SMILES string of the molecule is CNC(=O)c1cc(C(=O)NC2CC2)cc([C@@H](O)c2cccc(F)c2)n1. The zero-order valence-corrected chi connectivity index (χ0v) is 13.6. The zero-order valence-electron chi connectivity index (χ0n) is 13.6. The summed E-state index contributed by atoms with van der Waals surface area (Å²) in [6.45, 7) is 0. The first kappa shape index (κ1) is 17.0. The lowest BCUT2D eigenvalue weighted by atomic mass is 10.0. The summed E-state index contributed by atoms with van der Waals surface area (Å²) in [4.78, 5) is 28.4. The van der Waals surface area contributed by atoms with Gasteiger partial charge in [0.15, 0.2) is 0 Å². The summed E-state index contributed by atoms with van der Waals surface area (Å²) in [6.07, 6.45) is 0.600. The maximum absolute atomic E-state index is 13.4. The molecule has 1 saturated carbocycles. The molecular formula is C18H18FN3O3. The van der Waals surface area contributed by atoms with Crippen molar-refractivity contribution in [3.63, 3.8) is 0 Å². The second-order valence-corrected chi connectivity index (χ2v) is 5.95. The first-order valence-corrected chi connectivity index (χ1v) is 7.96. The number of benzene rings is 1. The van der Waals surface area contributed by atoms with Crippen LogP contribution in [-0.4, -0.2) is 35.0 Å². The van der Waals surface area contributed by atoms with Gasteiger partial charge in [-0.3, -0.25) is 9.59 Å². The van der Waals surface area contributed by atoms with Crippen LogP contribution in [0.4, 0.5) is 4.39 Å². The number of carbonyl (C=O) groups excluding carboxylic acids is 2. The molecular weight excluding hydrogens is 325 g/mol. The number of aromatic nitrogens is 1. The number of halogens is 1. The normalized spacial score (nSPS) is 14.7. The lowest BCUT2D eigenvalue weighted by Crippen LogP contribution is -2.27. The van der Waals surface area contributed by atoms with Gasteiger partial charge in [0.05, 0.1) is 5.69 Å². The van der Waals surface area contributed by atoms with Crippen LogP contribution in [0.2, 0.25) is 0 Å². The van der Waals surface area contributed by atoms with Crippen molar-refractivity contribution in [2.75, 3.05) is 7.05 Å². The van der Waals surface area contributed by atoms with Gasteiger partial charge in [0.1, 0.15) is 17.6 Å². The summed E-state index contributed by atoms with van der Waals surface area (Å²) in [5.74, 6) is -1.30. The van der Waals surface area contributed by atoms with Gasteiger partial charge < -0.3 is 15.7 Å². The van der Waals surface area contributed by atoms with Gasteiger partial charge in [-0.05, 0) is 42.7 Å². The molecule has 0 spiro atoms. The van der Waals surface area contributed by atoms with E-state index < -0.39 is 17.8 Å². The fourth-order valence-electron chi connectivity index (χ4n) is 2.41. The third-order valence-electron chi connectivity index (χ3n) is 3.92. The van der Waals surface area contributed by atoms with Crippen molar-refractivity contribution in [2.45, 2.75) is 25.0 Å². The first-order chi connectivity index (χ1) is 12.0. The summed E-state index contributed by atoms with van der Waals surface area (Å²) in [6, 6.07) is 8.41. The molecule has 1 aromatic carbocycles. The van der Waals surface area contributed by atoms with E-state index in [0.717, 1.165) is 12.8 Å². The van der Waals surface area contributed by atoms with Crippen LogP contribution < -0.4 is 10.6 Å². The maximum Gasteiger partial charge on any atom is 0.269 e. The third kappa shape index (κ3) is 4.00. The number of nitrogens with one attached hydrogen (secondary N) is 2. The Morgan fingerprint density at radius 1 is 1.24 bits per heavy atom. The molecule has 1 aromatic heterocycles. The van der Waals surface area contributed by atoms with E-state index in [0.29, 0.717) is 0 Å². The van der Waals surface area contributed by atoms with Gasteiger partial charge >= 0.3 is 0 Å². The van der Waals surface area contributed by atoms with Crippen molar-refractivity contribution in [1.29, 1.82) is 0 Å². The van der Waals surface area contributed by atoms with Crippen LogP contribution in [0.25, 0.3) is 0 Å². The molecule has 6 nitrogen and oxygen atoms in total. The van der Waals surface area contributed by atoms with E-state index in [1.54, 1.807) is 6.07 Å². The van der Waals surface area contributed by atoms with Crippen molar-refractivity contribution in [3.05, 3.63) is 64.7 Å². The Hall–Kier alpha value is -2.80. The van der Waals surface area contributed by atoms with Gasteiger partial charge in [0.25, 0.3) is 11.8 Å². The van der Waals surface area contributed by atoms with Crippen LogP contribution in [0.3, 0.4) is 0 Å². The van der Waals surface area contributed by atoms with Gasteiger partial charge in [-0.25, -0.2) is 9.37 Å². The second kappa shape index (κ2) is 6.98. The predicted molar refractivity (Wildman–Crippen MR) is 88.6 cm³/mol. The Morgan fingerprint density at radius 2 is 2.00 bits per heavy atom. The van der Waals surface area contributed by atoms with Crippen LogP contribution in [0.5, 0.6) is 0 Å². The molecule has 1 fully saturated rings. The molecule has 3 N–H and O–H groups in total. The average Bonchev–Trinajstić information content (AvgIpc) is 3.43. The molecule has 25 heavy (non-hydrogen) atoms. The number of rotatable bonds is 5. The van der Waals surface area contributed by atoms with E-state index in [2.05, 4.69) is 15.6 Å². The first-order valence-electron chi connectivity index (χ1n) is 7.96. The minimum atomic E-state index is -1.26. The molecule has 2 aromatic rings. The summed E-state index contributed by atoms with van der Waals surface area (Å²) in [7, 11) is 1.45. The highest BCUT2D eigenvalue weighted by Gasteiger charge is 2.25. The Morgan fingerprint density at radius 3 is 2.64 bits per heavy atom. The van der Waals surface area contributed by atoms with E-state index in [-0.39, 0.29) is 34.5 Å². The summed E-state index contributed by atoms with van der Waals surface area (Å²) in [5, 5.41) is 15.8. The Labute approximate surface area is 144 Å². The highest BCUT2D eigenvalue weighted by Crippen LogP contribution is 2.24. The van der Waals surface area contributed by atoms with Gasteiger partial charge in [0.2, 0.25) is 0 Å². The molecule has 0 bridgehead atoms. The number of hydrogen-bond acceptors (Lipinski definition) is 4. The van der Waals surface area contributed by atoms with Crippen LogP contribution in [0, 0.1) is 5.82 Å². The second-order valence-electron chi connectivity index (χ2n) is 5.95. The Bertz CT molecular complexity index is 821. The quantitative estimate of drug-likeness (QED) is 0.768. The number of hydrogen-bond donors (Lipinski definition) is 3. The number of aliphatic hydroxyl groups excluding tert-OH is 1. The Kier molecular flexibility index (Phi) is 4.76. The highest BCUT2D eigenvalue weighted by atomic mass is 19.1. The number of carbonyl (C=O) groups is 2. The number of amides is 2. The number of pyridine rings is 1. The molecule has 1 atom stereocenters. The lowest BCUT2D eigenvalue weighted by Gasteiger charge is -2.14. The van der Waals surface area contributed by atoms with Crippen molar-refractivity contribution in [1.82, 2.24) is 15.6 Å². The van der Waals surface area contributed by atoms with E-state index in [1.807, 2.05) is 0 Å². The van der Waals surface area contributed by atoms with Crippen molar-refractivity contribution in [3.8, 4) is 0 Å². The van der Waals surface area contributed by atoms with Crippen molar-refractivity contribution < 1.29 is 19.1 Å². The number of nitrogens with zero attached hydrogens (tertiary/aromatic N) is 1. The maximum atomic E-state index is 13.4. The molecule has 0 aliphatic heterocycles. The fourth-order valence-corrected chi connectivity index (χ4v) is 2.41. The smallest absolute Gasteiger partial charge is 0.269 e. The van der Waals surface area contributed by atoms with E-state index in [1.165, 1.54) is 37.4 Å². The molecule has 0 radical (unpaired) electrons. The van der Waals surface area contributed by atoms with E-state index >= 15 is 0 Å². The predicted octanol–water partition coefficient (Wildman–Crippen LogP) is 1.55. The van der Waals surface area contributed by atoms with Crippen molar-refractivity contribution in [2.24, 2.45) is 0 Å². The third-order valence-corrected chi connectivity index (χ3v) is 3.92. The zero-order chi connectivity index (χ0) is 18.0. The summed E-state index contributed by atoms with van der Waals surface area (Å²) in [5.41, 5.74) is 0.630.